The molecule has 0 aromatic heterocycles. The van der Waals surface area contributed by atoms with Crippen molar-refractivity contribution >= 4 is 12.1 Å². The maximum absolute atomic E-state index is 12.9. The Morgan fingerprint density at radius 2 is 1.79 bits per heavy atom. The van der Waals surface area contributed by atoms with Gasteiger partial charge in [0.05, 0.1) is 6.21 Å². The second-order valence-corrected chi connectivity index (χ2v) is 3.76. The van der Waals surface area contributed by atoms with Crippen LogP contribution in [0.3, 0.4) is 0 Å². The lowest BCUT2D eigenvalue weighted by Gasteiger charge is -1.99. The maximum Gasteiger partial charge on any atom is 0.271 e. The van der Waals surface area contributed by atoms with Gasteiger partial charge in [0.2, 0.25) is 0 Å². The van der Waals surface area contributed by atoms with Crippen molar-refractivity contribution in [3.63, 3.8) is 0 Å². The van der Waals surface area contributed by atoms with Crippen LogP contribution in [-0.4, -0.2) is 12.1 Å². The van der Waals surface area contributed by atoms with Gasteiger partial charge in [0.1, 0.15) is 11.6 Å². The van der Waals surface area contributed by atoms with E-state index in [2.05, 4.69) is 10.5 Å². The number of rotatable bonds is 3. The quantitative estimate of drug-likeness (QED) is 0.669. The first-order chi connectivity index (χ1) is 9.15. The number of hydrazone groups is 1. The van der Waals surface area contributed by atoms with Crippen LogP contribution >= 0.6 is 0 Å². The molecule has 0 unspecified atom stereocenters. The third kappa shape index (κ3) is 3.70. The number of carbonyl (C=O) groups excluding carboxylic acids is 1. The van der Waals surface area contributed by atoms with Gasteiger partial charge in [-0.3, -0.25) is 4.79 Å². The van der Waals surface area contributed by atoms with E-state index in [-0.39, 0.29) is 11.4 Å². The average Bonchev–Trinajstić information content (AvgIpc) is 2.39. The molecule has 0 aliphatic carbocycles. The third-order valence-corrected chi connectivity index (χ3v) is 2.33. The highest BCUT2D eigenvalue weighted by atomic mass is 19.1. The van der Waals surface area contributed by atoms with Crippen molar-refractivity contribution in [1.29, 1.82) is 0 Å². The molecule has 0 fully saturated rings. The molecular formula is C14H10F2N2O. The highest BCUT2D eigenvalue weighted by Gasteiger charge is 2.03. The smallest absolute Gasteiger partial charge is 0.267 e. The molecular weight excluding hydrogens is 250 g/mol. The Labute approximate surface area is 108 Å². The van der Waals surface area contributed by atoms with Crippen LogP contribution in [0, 0.1) is 11.6 Å². The third-order valence-electron chi connectivity index (χ3n) is 2.33. The molecule has 0 aliphatic heterocycles. The lowest BCUT2D eigenvalue weighted by atomic mass is 10.2. The summed E-state index contributed by atoms with van der Waals surface area (Å²) in [5.74, 6) is -1.26. The van der Waals surface area contributed by atoms with Crippen molar-refractivity contribution in [1.82, 2.24) is 5.43 Å². The number of benzene rings is 2. The molecule has 19 heavy (non-hydrogen) atoms. The van der Waals surface area contributed by atoms with Crippen molar-refractivity contribution in [2.45, 2.75) is 0 Å². The molecule has 96 valence electrons. The van der Waals surface area contributed by atoms with E-state index in [1.165, 1.54) is 42.6 Å². The summed E-state index contributed by atoms with van der Waals surface area (Å²) >= 11 is 0. The minimum atomic E-state index is -0.465. The summed E-state index contributed by atoms with van der Waals surface area (Å²) in [6, 6.07) is 10.9. The average molecular weight is 260 g/mol. The molecule has 1 N–H and O–H groups in total. The lowest BCUT2D eigenvalue weighted by Crippen LogP contribution is -2.17. The molecule has 0 heterocycles. The zero-order valence-electron chi connectivity index (χ0n) is 9.81. The van der Waals surface area contributed by atoms with Crippen LogP contribution in [0.25, 0.3) is 0 Å². The molecule has 0 spiro atoms. The SMILES string of the molecule is O=C(N/N=C\c1cccc(F)c1)c1ccc(F)cc1. The molecule has 5 heteroatoms. The summed E-state index contributed by atoms with van der Waals surface area (Å²) in [6.45, 7) is 0. The summed E-state index contributed by atoms with van der Waals surface area (Å²) < 4.78 is 25.5. The topological polar surface area (TPSA) is 41.5 Å². The number of amides is 1. The summed E-state index contributed by atoms with van der Waals surface area (Å²) in [5, 5.41) is 3.70. The first-order valence-electron chi connectivity index (χ1n) is 5.50. The number of halogens is 2. The van der Waals surface area contributed by atoms with E-state index in [1.807, 2.05) is 0 Å². The molecule has 0 saturated heterocycles. The van der Waals surface area contributed by atoms with Crippen LogP contribution in [0.15, 0.2) is 53.6 Å². The molecule has 0 atom stereocenters. The van der Waals surface area contributed by atoms with Gasteiger partial charge in [-0.15, -0.1) is 0 Å². The number of hydrogen-bond acceptors (Lipinski definition) is 2. The minimum Gasteiger partial charge on any atom is -0.267 e. The molecule has 3 nitrogen and oxygen atoms in total. The Morgan fingerprint density at radius 1 is 1.05 bits per heavy atom. The fraction of sp³-hybridized carbons (Fsp3) is 0. The zero-order valence-corrected chi connectivity index (χ0v) is 9.81. The van der Waals surface area contributed by atoms with Crippen LogP contribution in [0.4, 0.5) is 8.78 Å². The molecule has 0 bridgehead atoms. The molecule has 2 rings (SSSR count). The van der Waals surface area contributed by atoms with Crippen LogP contribution in [0.1, 0.15) is 15.9 Å². The molecule has 2 aromatic rings. The number of nitrogens with zero attached hydrogens (tertiary/aromatic N) is 1. The van der Waals surface area contributed by atoms with Gasteiger partial charge >= 0.3 is 0 Å². The summed E-state index contributed by atoms with van der Waals surface area (Å²) in [5.41, 5.74) is 3.09. The van der Waals surface area contributed by atoms with Crippen molar-refractivity contribution in [3.05, 3.63) is 71.3 Å². The Balaban J connectivity index is 1.98. The normalized spacial score (nSPS) is 10.6. The standard InChI is InChI=1S/C14H10F2N2O/c15-12-6-4-11(5-7-12)14(19)18-17-9-10-2-1-3-13(16)8-10/h1-9H,(H,18,19)/b17-9-. The second-order valence-electron chi connectivity index (χ2n) is 3.76. The molecule has 2 aromatic carbocycles. The summed E-state index contributed by atoms with van der Waals surface area (Å²) in [6.07, 6.45) is 1.32. The Bertz CT molecular complexity index is 609. The second kappa shape index (κ2) is 5.86. The van der Waals surface area contributed by atoms with Gasteiger partial charge < -0.3 is 0 Å². The molecule has 0 saturated carbocycles. The highest BCUT2D eigenvalue weighted by molar-refractivity contribution is 5.94. The van der Waals surface area contributed by atoms with Crippen LogP contribution in [0.2, 0.25) is 0 Å². The molecule has 0 radical (unpaired) electrons. The van der Waals surface area contributed by atoms with Gasteiger partial charge in [-0.2, -0.15) is 5.10 Å². The lowest BCUT2D eigenvalue weighted by molar-refractivity contribution is 0.0955. The predicted octanol–water partition coefficient (Wildman–Crippen LogP) is 2.73. The van der Waals surface area contributed by atoms with E-state index in [9.17, 15) is 13.6 Å². The van der Waals surface area contributed by atoms with Crippen molar-refractivity contribution < 1.29 is 13.6 Å². The summed E-state index contributed by atoms with van der Waals surface area (Å²) in [7, 11) is 0. The van der Waals surface area contributed by atoms with Gasteiger partial charge in [-0.25, -0.2) is 14.2 Å². The van der Waals surface area contributed by atoms with E-state index < -0.39 is 11.7 Å². The van der Waals surface area contributed by atoms with Gasteiger partial charge in [0.15, 0.2) is 0 Å². The summed E-state index contributed by atoms with van der Waals surface area (Å²) in [4.78, 5) is 11.6. The van der Waals surface area contributed by atoms with Gasteiger partial charge in [0, 0.05) is 5.56 Å². The van der Waals surface area contributed by atoms with Gasteiger partial charge in [0.25, 0.3) is 5.91 Å². The maximum atomic E-state index is 12.9. The van der Waals surface area contributed by atoms with E-state index in [4.69, 9.17) is 0 Å². The van der Waals surface area contributed by atoms with Crippen LogP contribution < -0.4 is 5.43 Å². The monoisotopic (exact) mass is 260 g/mol. The Hall–Kier alpha value is -2.56. The first-order valence-corrected chi connectivity index (χ1v) is 5.50. The minimum absolute atomic E-state index is 0.290. The van der Waals surface area contributed by atoms with E-state index in [0.717, 1.165) is 0 Å². The number of carbonyl (C=O) groups is 1. The van der Waals surface area contributed by atoms with E-state index in [0.29, 0.717) is 5.56 Å². The highest BCUT2D eigenvalue weighted by Crippen LogP contribution is 2.03. The first kappa shape index (κ1) is 12.9. The fourth-order valence-corrected chi connectivity index (χ4v) is 1.42. The van der Waals surface area contributed by atoms with Crippen LogP contribution in [0.5, 0.6) is 0 Å². The van der Waals surface area contributed by atoms with Gasteiger partial charge in [-0.05, 0) is 42.0 Å². The van der Waals surface area contributed by atoms with E-state index in [1.54, 1.807) is 12.1 Å². The van der Waals surface area contributed by atoms with Crippen LogP contribution in [-0.2, 0) is 0 Å². The van der Waals surface area contributed by atoms with E-state index >= 15 is 0 Å². The zero-order chi connectivity index (χ0) is 13.7. The predicted molar refractivity (Wildman–Crippen MR) is 67.9 cm³/mol. The largest absolute Gasteiger partial charge is 0.271 e. The molecule has 0 aliphatic rings. The Kier molecular flexibility index (Phi) is 3.97. The van der Waals surface area contributed by atoms with Crippen molar-refractivity contribution in [3.8, 4) is 0 Å². The van der Waals surface area contributed by atoms with Crippen molar-refractivity contribution in [2.75, 3.05) is 0 Å². The van der Waals surface area contributed by atoms with Crippen molar-refractivity contribution in [2.24, 2.45) is 5.10 Å². The Morgan fingerprint density at radius 3 is 2.47 bits per heavy atom. The fourth-order valence-electron chi connectivity index (χ4n) is 1.42. The van der Waals surface area contributed by atoms with Gasteiger partial charge in [-0.1, -0.05) is 12.1 Å². The number of nitrogens with one attached hydrogen (secondary N) is 1. The molecule has 1 amide bonds. The number of hydrogen-bond donors (Lipinski definition) is 1.